The van der Waals surface area contributed by atoms with E-state index in [1.165, 1.54) is 24.7 Å². The number of morpholine rings is 1. The Kier molecular flexibility index (Phi) is 5.05. The van der Waals surface area contributed by atoms with Gasteiger partial charge in [0.25, 0.3) is 5.91 Å². The molecular formula is C17H19FN2O3. The Morgan fingerprint density at radius 2 is 1.96 bits per heavy atom. The minimum Gasteiger partial charge on any atom is -0.472 e. The van der Waals surface area contributed by atoms with E-state index in [4.69, 9.17) is 9.15 Å². The number of carbonyl (C=O) groups excluding carboxylic acids is 1. The van der Waals surface area contributed by atoms with Crippen LogP contribution in [0.4, 0.5) is 4.39 Å². The highest BCUT2D eigenvalue weighted by atomic mass is 19.1. The predicted octanol–water partition coefficient (Wildman–Crippen LogP) is 2.22. The minimum atomic E-state index is -0.267. The maximum Gasteiger partial charge on any atom is 0.254 e. The van der Waals surface area contributed by atoms with Gasteiger partial charge in [0.05, 0.1) is 31.1 Å². The van der Waals surface area contributed by atoms with Crippen LogP contribution in [-0.2, 0) is 4.74 Å². The van der Waals surface area contributed by atoms with Crippen LogP contribution in [0.25, 0.3) is 0 Å². The predicted molar refractivity (Wildman–Crippen MR) is 82.6 cm³/mol. The normalized spacial score (nSPS) is 16.9. The van der Waals surface area contributed by atoms with E-state index in [0.29, 0.717) is 25.3 Å². The van der Waals surface area contributed by atoms with Crippen molar-refractivity contribution in [3.63, 3.8) is 0 Å². The summed E-state index contributed by atoms with van der Waals surface area (Å²) in [6.45, 7) is 3.32. The lowest BCUT2D eigenvalue weighted by molar-refractivity contribution is 0.0162. The Morgan fingerprint density at radius 1 is 1.22 bits per heavy atom. The monoisotopic (exact) mass is 318 g/mol. The van der Waals surface area contributed by atoms with Crippen LogP contribution in [-0.4, -0.2) is 43.7 Å². The van der Waals surface area contributed by atoms with Crippen molar-refractivity contribution in [1.82, 2.24) is 10.2 Å². The maximum absolute atomic E-state index is 13.2. The van der Waals surface area contributed by atoms with E-state index in [1.807, 2.05) is 0 Å². The Morgan fingerprint density at radius 3 is 2.61 bits per heavy atom. The van der Waals surface area contributed by atoms with Gasteiger partial charge in [0.1, 0.15) is 12.1 Å². The number of rotatable bonds is 5. The van der Waals surface area contributed by atoms with Gasteiger partial charge in [0.15, 0.2) is 0 Å². The van der Waals surface area contributed by atoms with E-state index < -0.39 is 0 Å². The molecule has 1 saturated heterocycles. The molecule has 3 rings (SSSR count). The molecule has 2 aromatic rings. The Hall–Kier alpha value is -2.18. The first kappa shape index (κ1) is 15.7. The number of benzene rings is 1. The number of hydrogen-bond donors (Lipinski definition) is 1. The van der Waals surface area contributed by atoms with Crippen LogP contribution < -0.4 is 5.32 Å². The second-order valence-electron chi connectivity index (χ2n) is 5.44. The van der Waals surface area contributed by atoms with Crippen molar-refractivity contribution in [2.24, 2.45) is 0 Å². The molecule has 0 saturated carbocycles. The van der Waals surface area contributed by atoms with Crippen LogP contribution in [0.2, 0.25) is 0 Å². The fourth-order valence-electron chi connectivity index (χ4n) is 2.72. The van der Waals surface area contributed by atoms with Crippen molar-refractivity contribution >= 4 is 5.91 Å². The molecule has 122 valence electrons. The summed E-state index contributed by atoms with van der Waals surface area (Å²) in [7, 11) is 0. The van der Waals surface area contributed by atoms with Gasteiger partial charge in [-0.3, -0.25) is 9.69 Å². The van der Waals surface area contributed by atoms with Crippen molar-refractivity contribution in [2.75, 3.05) is 32.8 Å². The van der Waals surface area contributed by atoms with Gasteiger partial charge < -0.3 is 14.5 Å². The summed E-state index contributed by atoms with van der Waals surface area (Å²) in [6.07, 6.45) is 2.88. The van der Waals surface area contributed by atoms with Crippen LogP contribution >= 0.6 is 0 Å². The molecular weight excluding hydrogens is 299 g/mol. The number of carbonyl (C=O) groups is 1. The quantitative estimate of drug-likeness (QED) is 0.918. The molecule has 6 heteroatoms. The Labute approximate surface area is 134 Å². The maximum atomic E-state index is 13.2. The van der Waals surface area contributed by atoms with Crippen LogP contribution in [0.1, 0.15) is 22.0 Å². The molecule has 23 heavy (non-hydrogen) atoms. The highest BCUT2D eigenvalue weighted by molar-refractivity contribution is 5.93. The molecule has 0 radical (unpaired) electrons. The molecule has 1 aromatic heterocycles. The highest BCUT2D eigenvalue weighted by Crippen LogP contribution is 2.21. The minimum absolute atomic E-state index is 0.0182. The molecule has 1 fully saturated rings. The number of furan rings is 1. The number of amides is 1. The molecule has 1 aromatic carbocycles. The average molecular weight is 318 g/mol. The van der Waals surface area contributed by atoms with Crippen LogP contribution in [0.15, 0.2) is 47.3 Å². The zero-order chi connectivity index (χ0) is 16.1. The number of halogens is 1. The van der Waals surface area contributed by atoms with Gasteiger partial charge >= 0.3 is 0 Å². The topological polar surface area (TPSA) is 54.7 Å². The van der Waals surface area contributed by atoms with Crippen molar-refractivity contribution in [3.8, 4) is 0 Å². The van der Waals surface area contributed by atoms with E-state index in [0.717, 1.165) is 18.7 Å². The van der Waals surface area contributed by atoms with E-state index >= 15 is 0 Å². The van der Waals surface area contributed by atoms with E-state index in [2.05, 4.69) is 10.2 Å². The van der Waals surface area contributed by atoms with Gasteiger partial charge in [-0.05, 0) is 23.8 Å². The lowest BCUT2D eigenvalue weighted by atomic mass is 10.0. The number of ether oxygens (including phenoxy) is 1. The first-order chi connectivity index (χ1) is 11.2. The molecule has 0 spiro atoms. The van der Waals surface area contributed by atoms with Crippen molar-refractivity contribution in [1.29, 1.82) is 0 Å². The smallest absolute Gasteiger partial charge is 0.254 e. The summed E-state index contributed by atoms with van der Waals surface area (Å²) in [5.41, 5.74) is 1.46. The van der Waals surface area contributed by atoms with Crippen molar-refractivity contribution in [2.45, 2.75) is 6.04 Å². The molecule has 2 heterocycles. The van der Waals surface area contributed by atoms with E-state index in [9.17, 15) is 9.18 Å². The van der Waals surface area contributed by atoms with Crippen molar-refractivity contribution in [3.05, 3.63) is 59.8 Å². The molecule has 1 N–H and O–H groups in total. The number of nitrogens with one attached hydrogen (secondary N) is 1. The summed E-state index contributed by atoms with van der Waals surface area (Å²) >= 11 is 0. The summed E-state index contributed by atoms with van der Waals surface area (Å²) in [4.78, 5) is 14.3. The Balaban J connectivity index is 1.72. The molecule has 1 atom stereocenters. The van der Waals surface area contributed by atoms with E-state index in [1.54, 1.807) is 18.2 Å². The molecule has 0 aliphatic carbocycles. The molecule has 1 aliphatic heterocycles. The summed E-state index contributed by atoms with van der Waals surface area (Å²) in [5, 5.41) is 2.92. The zero-order valence-electron chi connectivity index (χ0n) is 12.7. The van der Waals surface area contributed by atoms with Crippen molar-refractivity contribution < 1.29 is 18.3 Å². The fourth-order valence-corrected chi connectivity index (χ4v) is 2.72. The van der Waals surface area contributed by atoms with Crippen LogP contribution in [0.5, 0.6) is 0 Å². The van der Waals surface area contributed by atoms with Gasteiger partial charge in [-0.15, -0.1) is 0 Å². The number of nitrogens with zero attached hydrogens (tertiary/aromatic N) is 1. The third-order valence-corrected chi connectivity index (χ3v) is 3.98. The molecule has 1 aliphatic rings. The summed E-state index contributed by atoms with van der Waals surface area (Å²) in [6, 6.07) is 8.02. The second kappa shape index (κ2) is 7.39. The molecule has 1 amide bonds. The SMILES string of the molecule is O=C(NC[C@@H](c1ccc(F)cc1)N1CCOCC1)c1ccoc1. The second-order valence-corrected chi connectivity index (χ2v) is 5.44. The van der Waals surface area contributed by atoms with Gasteiger partial charge in [0.2, 0.25) is 0 Å². The largest absolute Gasteiger partial charge is 0.472 e. The summed E-state index contributed by atoms with van der Waals surface area (Å²) < 4.78 is 23.5. The lowest BCUT2D eigenvalue weighted by Gasteiger charge is -2.34. The van der Waals surface area contributed by atoms with Gasteiger partial charge in [-0.25, -0.2) is 4.39 Å². The van der Waals surface area contributed by atoms with Gasteiger partial charge in [-0.2, -0.15) is 0 Å². The third kappa shape index (κ3) is 3.97. The van der Waals surface area contributed by atoms with Gasteiger partial charge in [0, 0.05) is 19.6 Å². The van der Waals surface area contributed by atoms with Crippen LogP contribution in [0.3, 0.4) is 0 Å². The fraction of sp³-hybridized carbons (Fsp3) is 0.353. The average Bonchev–Trinajstić information content (AvgIpc) is 3.12. The standard InChI is InChI=1S/C17H19FN2O3/c18-15-3-1-13(2-4-15)16(20-6-9-22-10-7-20)11-19-17(21)14-5-8-23-12-14/h1-5,8,12,16H,6-7,9-11H2,(H,19,21)/t16-/m0/s1. The highest BCUT2D eigenvalue weighted by Gasteiger charge is 2.23. The van der Waals surface area contributed by atoms with Crippen LogP contribution in [0, 0.1) is 5.82 Å². The molecule has 0 bridgehead atoms. The molecule has 0 unspecified atom stereocenters. The third-order valence-electron chi connectivity index (χ3n) is 3.98. The first-order valence-electron chi connectivity index (χ1n) is 7.62. The van der Waals surface area contributed by atoms with Gasteiger partial charge in [-0.1, -0.05) is 12.1 Å². The Bertz CT molecular complexity index is 622. The first-order valence-corrected chi connectivity index (χ1v) is 7.62. The summed E-state index contributed by atoms with van der Waals surface area (Å²) in [5.74, 6) is -0.448. The zero-order valence-corrected chi connectivity index (χ0v) is 12.7. The number of hydrogen-bond acceptors (Lipinski definition) is 4. The van der Waals surface area contributed by atoms with E-state index in [-0.39, 0.29) is 17.8 Å². The lowest BCUT2D eigenvalue weighted by Crippen LogP contribution is -2.43. The molecule has 5 nitrogen and oxygen atoms in total.